The minimum Gasteiger partial charge on any atom is -0.326 e. The Labute approximate surface area is 117 Å². The summed E-state index contributed by atoms with van der Waals surface area (Å²) >= 11 is 0. The van der Waals surface area contributed by atoms with Gasteiger partial charge in [0.1, 0.15) is 5.82 Å². The quantitative estimate of drug-likeness (QED) is 0.868. The Bertz CT molecular complexity index is 616. The number of hydrogen-bond donors (Lipinski definition) is 2. The Morgan fingerprint density at radius 1 is 1.50 bits per heavy atom. The first-order chi connectivity index (χ1) is 9.35. The molecule has 1 aliphatic rings. The Hall–Kier alpha value is -1.47. The normalized spacial score (nSPS) is 21.4. The Kier molecular flexibility index (Phi) is 4.39. The van der Waals surface area contributed by atoms with Crippen molar-refractivity contribution in [2.75, 3.05) is 23.4 Å². The minimum absolute atomic E-state index is 0.0249. The number of hydrogen-bond acceptors (Lipinski definition) is 4. The summed E-state index contributed by atoms with van der Waals surface area (Å²) in [6, 6.07) is 3.94. The molecule has 1 fully saturated rings. The summed E-state index contributed by atoms with van der Waals surface area (Å²) in [5, 5.41) is 5.66. The van der Waals surface area contributed by atoms with Crippen molar-refractivity contribution in [3.8, 4) is 0 Å². The van der Waals surface area contributed by atoms with Crippen molar-refractivity contribution in [3.63, 3.8) is 0 Å². The molecular weight excluding hydrogens is 283 g/mol. The van der Waals surface area contributed by atoms with Crippen LogP contribution in [0.3, 0.4) is 0 Å². The molecule has 5 nitrogen and oxygen atoms in total. The molecule has 0 spiro atoms. The van der Waals surface area contributed by atoms with Gasteiger partial charge in [0, 0.05) is 24.7 Å². The van der Waals surface area contributed by atoms with Crippen molar-refractivity contribution in [3.05, 3.63) is 29.6 Å². The van der Waals surface area contributed by atoms with E-state index in [1.54, 1.807) is 6.92 Å². The zero-order chi connectivity index (χ0) is 14.8. The van der Waals surface area contributed by atoms with Crippen LogP contribution in [0.25, 0.3) is 0 Å². The molecule has 1 aromatic carbocycles. The van der Waals surface area contributed by atoms with E-state index in [0.29, 0.717) is 17.8 Å². The fourth-order valence-corrected chi connectivity index (χ4v) is 3.60. The molecule has 0 bridgehead atoms. The Morgan fingerprint density at radius 2 is 2.25 bits per heavy atom. The molecule has 0 saturated carbocycles. The smallest absolute Gasteiger partial charge is 0.225 e. The number of sulfone groups is 1. The highest BCUT2D eigenvalue weighted by molar-refractivity contribution is 7.91. The zero-order valence-corrected chi connectivity index (χ0v) is 12.0. The summed E-state index contributed by atoms with van der Waals surface area (Å²) in [5.74, 6) is -0.529. The molecule has 0 radical (unpaired) electrons. The van der Waals surface area contributed by atoms with E-state index in [4.69, 9.17) is 0 Å². The van der Waals surface area contributed by atoms with E-state index in [1.807, 2.05) is 0 Å². The van der Waals surface area contributed by atoms with E-state index in [2.05, 4.69) is 10.6 Å². The molecule has 2 N–H and O–H groups in total. The summed E-state index contributed by atoms with van der Waals surface area (Å²) in [6.07, 6.45) is 0.0790. The van der Waals surface area contributed by atoms with Gasteiger partial charge in [-0.1, -0.05) is 0 Å². The van der Waals surface area contributed by atoms with Crippen LogP contribution in [-0.4, -0.2) is 38.4 Å². The van der Waals surface area contributed by atoms with E-state index >= 15 is 0 Å². The molecule has 1 atom stereocenters. The average molecular weight is 300 g/mol. The average Bonchev–Trinajstić information content (AvgIpc) is 2.32. The van der Waals surface area contributed by atoms with E-state index < -0.39 is 9.84 Å². The largest absolute Gasteiger partial charge is 0.326 e. The van der Waals surface area contributed by atoms with Crippen LogP contribution in [0.15, 0.2) is 18.2 Å². The van der Waals surface area contributed by atoms with Crippen LogP contribution in [0.1, 0.15) is 12.0 Å². The van der Waals surface area contributed by atoms with Crippen LogP contribution in [0.2, 0.25) is 0 Å². The van der Waals surface area contributed by atoms with Gasteiger partial charge in [0.2, 0.25) is 5.91 Å². The third kappa shape index (κ3) is 4.01. The predicted molar refractivity (Wildman–Crippen MR) is 74.8 cm³/mol. The van der Waals surface area contributed by atoms with E-state index in [9.17, 15) is 17.6 Å². The first-order valence-corrected chi connectivity index (χ1v) is 8.18. The van der Waals surface area contributed by atoms with Crippen molar-refractivity contribution in [2.24, 2.45) is 0 Å². The van der Waals surface area contributed by atoms with Crippen molar-refractivity contribution in [1.29, 1.82) is 0 Å². The SMILES string of the molecule is Cc1cc(NC(=O)CC2CS(=O)(=O)CCN2)ccc1F. The predicted octanol–water partition coefficient (Wildman–Crippen LogP) is 0.849. The van der Waals surface area contributed by atoms with Crippen LogP contribution in [-0.2, 0) is 14.6 Å². The maximum absolute atomic E-state index is 13.1. The summed E-state index contributed by atoms with van der Waals surface area (Å²) in [5.41, 5.74) is 0.953. The zero-order valence-electron chi connectivity index (χ0n) is 11.1. The molecule has 1 saturated heterocycles. The molecule has 1 heterocycles. The molecule has 0 aromatic heterocycles. The molecule has 110 valence electrons. The van der Waals surface area contributed by atoms with Crippen molar-refractivity contribution in [2.45, 2.75) is 19.4 Å². The topological polar surface area (TPSA) is 75.3 Å². The summed E-state index contributed by atoms with van der Waals surface area (Å²) < 4.78 is 36.0. The van der Waals surface area contributed by atoms with Gasteiger partial charge in [-0.3, -0.25) is 4.79 Å². The number of carbonyl (C=O) groups excluding carboxylic acids is 1. The van der Waals surface area contributed by atoms with Crippen molar-refractivity contribution < 1.29 is 17.6 Å². The van der Waals surface area contributed by atoms with Gasteiger partial charge in [-0.25, -0.2) is 12.8 Å². The summed E-state index contributed by atoms with van der Waals surface area (Å²) in [4.78, 5) is 11.8. The van der Waals surface area contributed by atoms with E-state index in [1.165, 1.54) is 18.2 Å². The first-order valence-electron chi connectivity index (χ1n) is 6.35. The first kappa shape index (κ1) is 14.9. The highest BCUT2D eigenvalue weighted by atomic mass is 32.2. The van der Waals surface area contributed by atoms with Crippen LogP contribution in [0, 0.1) is 12.7 Å². The van der Waals surface area contributed by atoms with Gasteiger partial charge in [-0.2, -0.15) is 0 Å². The third-order valence-corrected chi connectivity index (χ3v) is 4.91. The maximum atomic E-state index is 13.1. The number of halogens is 1. The van der Waals surface area contributed by atoms with Gasteiger partial charge in [0.05, 0.1) is 11.5 Å². The number of amides is 1. The van der Waals surface area contributed by atoms with Gasteiger partial charge >= 0.3 is 0 Å². The summed E-state index contributed by atoms with van der Waals surface area (Å²) in [7, 11) is -3.05. The molecule has 20 heavy (non-hydrogen) atoms. The number of rotatable bonds is 3. The van der Waals surface area contributed by atoms with Gasteiger partial charge in [0.15, 0.2) is 9.84 Å². The fourth-order valence-electron chi connectivity index (χ4n) is 2.16. The van der Waals surface area contributed by atoms with Crippen molar-refractivity contribution in [1.82, 2.24) is 5.32 Å². The van der Waals surface area contributed by atoms with E-state index in [0.717, 1.165) is 0 Å². The Balaban J connectivity index is 1.93. The van der Waals surface area contributed by atoms with Crippen LogP contribution in [0.4, 0.5) is 10.1 Å². The van der Waals surface area contributed by atoms with Crippen LogP contribution in [0.5, 0.6) is 0 Å². The second-order valence-electron chi connectivity index (χ2n) is 4.98. The monoisotopic (exact) mass is 300 g/mol. The number of aryl methyl sites for hydroxylation is 1. The number of nitrogens with one attached hydrogen (secondary N) is 2. The maximum Gasteiger partial charge on any atom is 0.225 e. The highest BCUT2D eigenvalue weighted by Gasteiger charge is 2.25. The number of benzene rings is 1. The second-order valence-corrected chi connectivity index (χ2v) is 7.21. The minimum atomic E-state index is -3.05. The fraction of sp³-hybridized carbons (Fsp3) is 0.462. The number of carbonyl (C=O) groups is 1. The molecule has 0 aliphatic carbocycles. The van der Waals surface area contributed by atoms with E-state index in [-0.39, 0.29) is 35.7 Å². The molecule has 1 aliphatic heterocycles. The molecule has 1 amide bonds. The summed E-state index contributed by atoms with van der Waals surface area (Å²) in [6.45, 7) is 1.98. The second kappa shape index (κ2) is 5.88. The molecule has 2 rings (SSSR count). The van der Waals surface area contributed by atoms with Gasteiger partial charge in [0.25, 0.3) is 0 Å². The Morgan fingerprint density at radius 3 is 2.90 bits per heavy atom. The van der Waals surface area contributed by atoms with Gasteiger partial charge in [-0.05, 0) is 30.7 Å². The van der Waals surface area contributed by atoms with Crippen LogP contribution >= 0.6 is 0 Å². The van der Waals surface area contributed by atoms with Gasteiger partial charge < -0.3 is 10.6 Å². The third-order valence-electron chi connectivity index (χ3n) is 3.17. The lowest BCUT2D eigenvalue weighted by Crippen LogP contribution is -2.46. The molecule has 1 unspecified atom stereocenters. The lowest BCUT2D eigenvalue weighted by Gasteiger charge is -2.23. The van der Waals surface area contributed by atoms with Gasteiger partial charge in [-0.15, -0.1) is 0 Å². The number of anilines is 1. The molecule has 1 aromatic rings. The lowest BCUT2D eigenvalue weighted by molar-refractivity contribution is -0.116. The molecular formula is C13H17FN2O3S. The highest BCUT2D eigenvalue weighted by Crippen LogP contribution is 2.14. The standard InChI is InChI=1S/C13H17FN2O3S/c1-9-6-10(2-3-12(9)14)16-13(17)7-11-8-20(18,19)5-4-15-11/h2-3,6,11,15H,4-5,7-8H2,1H3,(H,16,17). The lowest BCUT2D eigenvalue weighted by atomic mass is 10.2. The van der Waals surface area contributed by atoms with Crippen LogP contribution < -0.4 is 10.6 Å². The van der Waals surface area contributed by atoms with Crippen molar-refractivity contribution >= 4 is 21.4 Å². The molecule has 7 heteroatoms.